The van der Waals surface area contributed by atoms with E-state index < -0.39 is 51.8 Å². The van der Waals surface area contributed by atoms with Crippen LogP contribution in [-0.4, -0.2) is 40.0 Å². The van der Waals surface area contributed by atoms with Gasteiger partial charge in [-0.05, 0) is 19.1 Å². The Morgan fingerprint density at radius 3 is 2.41 bits per heavy atom. The second-order valence-electron chi connectivity index (χ2n) is 6.76. The quantitative estimate of drug-likeness (QED) is 0.277. The molecule has 0 unspecified atom stereocenters. The number of carbonyl (C=O) groups excluding carboxylic acids is 4. The summed E-state index contributed by atoms with van der Waals surface area (Å²) in [5, 5.41) is 16.3. The fourth-order valence-electron chi connectivity index (χ4n) is 3.30. The number of amides is 1. The molecule has 1 aliphatic carbocycles. The van der Waals surface area contributed by atoms with Crippen LogP contribution in [0.4, 0.5) is 10.8 Å². The number of fused-ring (bicyclic) bond motifs is 2. The zero-order valence-electron chi connectivity index (χ0n) is 16.4. The standard InChI is InChI=1S/C21H13N3O7S/c1-10-9-32-21(22-10)23-15(25)8-31-20(28)14-7-6-13-16(17(14)24(29)30)19(27)12-5-3-2-4-11(12)18(13)26/h2-7,9H,8H2,1H3,(H,22,23,25). The summed E-state index contributed by atoms with van der Waals surface area (Å²) >= 11 is 1.18. The predicted molar refractivity (Wildman–Crippen MR) is 112 cm³/mol. The molecule has 0 saturated heterocycles. The van der Waals surface area contributed by atoms with E-state index in [9.17, 15) is 29.3 Å². The van der Waals surface area contributed by atoms with Crippen molar-refractivity contribution in [1.82, 2.24) is 4.98 Å². The Morgan fingerprint density at radius 2 is 1.78 bits per heavy atom. The lowest BCUT2D eigenvalue weighted by molar-refractivity contribution is -0.385. The Morgan fingerprint density at radius 1 is 1.09 bits per heavy atom. The van der Waals surface area contributed by atoms with Gasteiger partial charge >= 0.3 is 5.97 Å². The highest BCUT2D eigenvalue weighted by Crippen LogP contribution is 2.35. The van der Waals surface area contributed by atoms with Gasteiger partial charge in [-0.15, -0.1) is 11.3 Å². The number of hydrogen-bond donors (Lipinski definition) is 1. The number of anilines is 1. The van der Waals surface area contributed by atoms with E-state index in [4.69, 9.17) is 4.74 Å². The third kappa shape index (κ3) is 3.65. The van der Waals surface area contributed by atoms with E-state index in [1.807, 2.05) is 0 Å². The van der Waals surface area contributed by atoms with Crippen LogP contribution in [0.15, 0.2) is 41.8 Å². The van der Waals surface area contributed by atoms with E-state index in [1.165, 1.54) is 35.6 Å². The molecule has 0 spiro atoms. The molecule has 0 fully saturated rings. The van der Waals surface area contributed by atoms with E-state index in [-0.39, 0.29) is 16.7 Å². The zero-order valence-corrected chi connectivity index (χ0v) is 17.2. The van der Waals surface area contributed by atoms with Crippen molar-refractivity contribution in [3.8, 4) is 0 Å². The first-order chi connectivity index (χ1) is 15.3. The molecule has 160 valence electrons. The largest absolute Gasteiger partial charge is 0.452 e. The number of ketones is 2. The maximum atomic E-state index is 12.9. The van der Waals surface area contributed by atoms with Gasteiger partial charge < -0.3 is 4.74 Å². The Labute approximate surface area is 184 Å². The van der Waals surface area contributed by atoms with E-state index in [2.05, 4.69) is 10.3 Å². The molecule has 1 aromatic heterocycles. The van der Waals surface area contributed by atoms with Gasteiger partial charge in [0.15, 0.2) is 17.5 Å². The molecule has 32 heavy (non-hydrogen) atoms. The number of nitrogens with zero attached hydrogens (tertiary/aromatic N) is 2. The van der Waals surface area contributed by atoms with Gasteiger partial charge in [-0.2, -0.15) is 0 Å². The van der Waals surface area contributed by atoms with Gasteiger partial charge in [-0.1, -0.05) is 24.3 Å². The van der Waals surface area contributed by atoms with Crippen molar-refractivity contribution in [3.05, 3.63) is 85.4 Å². The number of ether oxygens (including phenoxy) is 1. The van der Waals surface area contributed by atoms with Gasteiger partial charge in [0.2, 0.25) is 5.78 Å². The SMILES string of the molecule is Cc1csc(NC(=O)COC(=O)c2ccc3c(c2[N+](=O)[O-])C(=O)c2ccccc2C3=O)n1. The molecule has 1 aliphatic rings. The summed E-state index contributed by atoms with van der Waals surface area (Å²) in [6, 6.07) is 8.16. The third-order valence-corrected chi connectivity index (χ3v) is 5.54. The van der Waals surface area contributed by atoms with Crippen molar-refractivity contribution in [2.24, 2.45) is 0 Å². The minimum Gasteiger partial charge on any atom is -0.452 e. The highest BCUT2D eigenvalue weighted by Gasteiger charge is 2.39. The smallest absolute Gasteiger partial charge is 0.345 e. The fourth-order valence-corrected chi connectivity index (χ4v) is 4.00. The molecule has 11 heteroatoms. The minimum absolute atomic E-state index is 0.0109. The van der Waals surface area contributed by atoms with Crippen LogP contribution < -0.4 is 5.32 Å². The van der Waals surface area contributed by atoms with Gasteiger partial charge in [0.1, 0.15) is 11.1 Å². The first-order valence-corrected chi connectivity index (χ1v) is 10.0. The number of aromatic nitrogens is 1. The maximum absolute atomic E-state index is 12.9. The number of thiazole rings is 1. The number of hydrogen-bond acceptors (Lipinski definition) is 9. The van der Waals surface area contributed by atoms with Crippen LogP contribution in [0.5, 0.6) is 0 Å². The first kappa shape index (κ1) is 21.0. The highest BCUT2D eigenvalue weighted by atomic mass is 32.1. The molecule has 0 aliphatic heterocycles. The van der Waals surface area contributed by atoms with Crippen LogP contribution in [0.2, 0.25) is 0 Å². The summed E-state index contributed by atoms with van der Waals surface area (Å²) < 4.78 is 4.91. The highest BCUT2D eigenvalue weighted by molar-refractivity contribution is 7.13. The van der Waals surface area contributed by atoms with Crippen LogP contribution in [0.25, 0.3) is 0 Å². The number of carbonyl (C=O) groups is 4. The van der Waals surface area contributed by atoms with Crippen LogP contribution in [0, 0.1) is 17.0 Å². The normalized spacial score (nSPS) is 12.0. The second kappa shape index (κ2) is 8.12. The summed E-state index contributed by atoms with van der Waals surface area (Å²) in [5.74, 6) is -3.16. The van der Waals surface area contributed by atoms with Gasteiger partial charge in [-0.25, -0.2) is 9.78 Å². The molecule has 2 aromatic carbocycles. The number of nitro groups is 1. The van der Waals surface area contributed by atoms with Crippen molar-refractivity contribution in [2.75, 3.05) is 11.9 Å². The van der Waals surface area contributed by atoms with E-state index >= 15 is 0 Å². The van der Waals surface area contributed by atoms with Gasteiger partial charge in [-0.3, -0.25) is 29.8 Å². The van der Waals surface area contributed by atoms with Crippen molar-refractivity contribution in [1.29, 1.82) is 0 Å². The summed E-state index contributed by atoms with van der Waals surface area (Å²) in [7, 11) is 0. The minimum atomic E-state index is -1.18. The van der Waals surface area contributed by atoms with Crippen molar-refractivity contribution >= 4 is 45.6 Å². The molecule has 0 atom stereocenters. The first-order valence-electron chi connectivity index (χ1n) is 9.17. The Hall–Kier alpha value is -4.25. The van der Waals surface area contributed by atoms with Crippen LogP contribution in [-0.2, 0) is 9.53 Å². The molecule has 1 heterocycles. The fraction of sp³-hybridized carbons (Fsp3) is 0.0952. The average molecular weight is 451 g/mol. The summed E-state index contributed by atoms with van der Waals surface area (Å²) in [4.78, 5) is 65.1. The van der Waals surface area contributed by atoms with Crippen LogP contribution in [0.3, 0.4) is 0 Å². The zero-order chi connectivity index (χ0) is 23.0. The number of esters is 1. The van der Waals surface area contributed by atoms with Gasteiger partial charge in [0.25, 0.3) is 11.6 Å². The molecule has 10 nitrogen and oxygen atoms in total. The molecular weight excluding hydrogens is 438 g/mol. The van der Waals surface area contributed by atoms with E-state index in [1.54, 1.807) is 18.4 Å². The van der Waals surface area contributed by atoms with Crippen LogP contribution >= 0.6 is 11.3 Å². The molecule has 0 radical (unpaired) electrons. The molecule has 1 amide bonds. The lowest BCUT2D eigenvalue weighted by atomic mass is 9.82. The Bertz CT molecular complexity index is 1330. The van der Waals surface area contributed by atoms with Gasteiger partial charge in [0, 0.05) is 22.1 Å². The third-order valence-electron chi connectivity index (χ3n) is 4.67. The molecule has 0 saturated carbocycles. The van der Waals surface area contributed by atoms with Crippen LogP contribution in [0.1, 0.15) is 47.9 Å². The second-order valence-corrected chi connectivity index (χ2v) is 7.62. The number of benzene rings is 2. The summed E-state index contributed by atoms with van der Waals surface area (Å²) in [6.45, 7) is 1.02. The lowest BCUT2D eigenvalue weighted by Crippen LogP contribution is -2.25. The average Bonchev–Trinajstić information content (AvgIpc) is 3.19. The van der Waals surface area contributed by atoms with E-state index in [0.717, 1.165) is 6.07 Å². The Balaban J connectivity index is 1.63. The number of nitro benzene ring substituents is 1. The number of aryl methyl sites for hydroxylation is 1. The molecule has 3 aromatic rings. The summed E-state index contributed by atoms with van der Waals surface area (Å²) in [6.07, 6.45) is 0. The lowest BCUT2D eigenvalue weighted by Gasteiger charge is -2.18. The maximum Gasteiger partial charge on any atom is 0.345 e. The van der Waals surface area contributed by atoms with E-state index in [0.29, 0.717) is 10.8 Å². The predicted octanol–water partition coefficient (Wildman–Crippen LogP) is 2.93. The Kier molecular flexibility index (Phi) is 5.33. The molecular formula is C21H13N3O7S. The number of nitrogens with one attached hydrogen (secondary N) is 1. The topological polar surface area (TPSA) is 146 Å². The number of rotatable bonds is 5. The van der Waals surface area contributed by atoms with Gasteiger partial charge in [0.05, 0.1) is 10.6 Å². The van der Waals surface area contributed by atoms with Crippen molar-refractivity contribution < 1.29 is 28.8 Å². The molecule has 0 bridgehead atoms. The monoisotopic (exact) mass is 451 g/mol. The molecule has 1 N–H and O–H groups in total. The van der Waals surface area contributed by atoms with Crippen molar-refractivity contribution in [3.63, 3.8) is 0 Å². The summed E-state index contributed by atoms with van der Waals surface area (Å²) in [5.41, 5.74) is -1.18. The molecule has 4 rings (SSSR count). The van der Waals surface area contributed by atoms with Crippen molar-refractivity contribution in [2.45, 2.75) is 6.92 Å².